The Morgan fingerprint density at radius 1 is 0.956 bits per heavy atom. The lowest BCUT2D eigenvalue weighted by molar-refractivity contribution is -0.144. The number of allylic oxidation sites excluding steroid dienone is 6. The summed E-state index contributed by atoms with van der Waals surface area (Å²) in [6, 6.07) is 15.2. The number of likely N-dealkylation sites (tertiary alicyclic amines) is 2. The average Bonchev–Trinajstić information content (AvgIpc) is 3.30. The number of imide groups is 1. The van der Waals surface area contributed by atoms with Crippen LogP contribution in [-0.2, 0) is 25.7 Å². The van der Waals surface area contributed by atoms with Crippen molar-refractivity contribution in [2.75, 3.05) is 19.7 Å². The molecule has 2 aromatic carbocycles. The van der Waals surface area contributed by atoms with E-state index in [4.69, 9.17) is 4.74 Å². The minimum atomic E-state index is -0.575. The first-order valence-corrected chi connectivity index (χ1v) is 16.1. The molecule has 8 nitrogen and oxygen atoms in total. The van der Waals surface area contributed by atoms with Crippen LogP contribution in [0, 0.1) is 17.8 Å². The third-order valence-corrected chi connectivity index (χ3v) is 10.4. The summed E-state index contributed by atoms with van der Waals surface area (Å²) in [5.41, 5.74) is 4.11. The van der Waals surface area contributed by atoms with Crippen molar-refractivity contribution in [3.8, 4) is 11.5 Å². The normalized spacial score (nSPS) is 27.2. The number of carbonyl (C=O) groups is 4. The molecule has 0 saturated carbocycles. The number of fused-ring (bicyclic) bond motifs is 3. The molecule has 3 aliphatic carbocycles. The van der Waals surface area contributed by atoms with Gasteiger partial charge in [0.05, 0.1) is 18.4 Å². The fourth-order valence-electron chi connectivity index (χ4n) is 8.30. The number of amides is 2. The van der Waals surface area contributed by atoms with Gasteiger partial charge in [0, 0.05) is 48.3 Å². The van der Waals surface area contributed by atoms with Crippen molar-refractivity contribution in [2.24, 2.45) is 17.8 Å². The van der Waals surface area contributed by atoms with Gasteiger partial charge in [-0.15, -0.1) is 0 Å². The number of phenolic OH excluding ortho intramolecular Hbond substituents is 1. The summed E-state index contributed by atoms with van der Waals surface area (Å²) in [7, 11) is 0. The second-order valence-corrected chi connectivity index (χ2v) is 12.9. The van der Waals surface area contributed by atoms with E-state index in [1.807, 2.05) is 31.2 Å². The van der Waals surface area contributed by atoms with Crippen LogP contribution in [0.1, 0.15) is 56.6 Å². The van der Waals surface area contributed by atoms with Crippen LogP contribution in [0.5, 0.6) is 11.5 Å². The van der Waals surface area contributed by atoms with E-state index in [1.54, 1.807) is 30.0 Å². The highest BCUT2D eigenvalue weighted by atomic mass is 16.5. The Hall–Kier alpha value is -4.30. The lowest BCUT2D eigenvalue weighted by Crippen LogP contribution is -2.47. The molecule has 0 radical (unpaired) electrons. The SMILES string of the molecule is CCOc1cc([C@H]2C3=CC[C@@H]4C(=O)N(C5CCN(Cc6ccccc6)CC5)C(=O)[C@@H]4[C@@H]3CC3=C2C(=O)C=C(C)C3=O)ccc1O. The van der Waals surface area contributed by atoms with Gasteiger partial charge in [-0.25, -0.2) is 0 Å². The summed E-state index contributed by atoms with van der Waals surface area (Å²) in [6.07, 6.45) is 5.58. The molecule has 45 heavy (non-hydrogen) atoms. The predicted octanol–water partition coefficient (Wildman–Crippen LogP) is 4.89. The maximum Gasteiger partial charge on any atom is 0.233 e. The Labute approximate surface area is 263 Å². The number of ketones is 2. The number of Topliss-reactive ketones (excluding diaryl/α,β-unsaturated/α-hetero) is 1. The first kappa shape index (κ1) is 29.4. The minimum Gasteiger partial charge on any atom is -0.504 e. The molecule has 2 heterocycles. The molecule has 8 heteroatoms. The van der Waals surface area contributed by atoms with E-state index in [0.29, 0.717) is 41.1 Å². The lowest BCUT2D eigenvalue weighted by Gasteiger charge is -2.42. The van der Waals surface area contributed by atoms with E-state index >= 15 is 0 Å². The third kappa shape index (κ3) is 4.96. The Morgan fingerprint density at radius 2 is 1.71 bits per heavy atom. The zero-order valence-corrected chi connectivity index (χ0v) is 25.7. The van der Waals surface area contributed by atoms with Crippen molar-refractivity contribution in [1.82, 2.24) is 9.80 Å². The van der Waals surface area contributed by atoms with Crippen LogP contribution in [0.3, 0.4) is 0 Å². The average molecular weight is 607 g/mol. The van der Waals surface area contributed by atoms with Crippen molar-refractivity contribution in [3.05, 3.63) is 94.1 Å². The van der Waals surface area contributed by atoms with Gasteiger partial charge in [0.1, 0.15) is 0 Å². The number of piperidine rings is 1. The van der Waals surface area contributed by atoms with Crippen molar-refractivity contribution in [1.29, 1.82) is 0 Å². The Kier molecular flexibility index (Phi) is 7.56. The Bertz CT molecular complexity index is 1680. The summed E-state index contributed by atoms with van der Waals surface area (Å²) in [5, 5.41) is 10.4. The monoisotopic (exact) mass is 606 g/mol. The third-order valence-electron chi connectivity index (χ3n) is 10.4. The summed E-state index contributed by atoms with van der Waals surface area (Å²) >= 11 is 0. The summed E-state index contributed by atoms with van der Waals surface area (Å²) in [5.74, 6) is -2.35. The Morgan fingerprint density at radius 3 is 2.44 bits per heavy atom. The molecule has 5 aliphatic rings. The molecule has 2 fully saturated rings. The van der Waals surface area contributed by atoms with Crippen molar-refractivity contribution in [2.45, 2.75) is 58.0 Å². The van der Waals surface area contributed by atoms with Crippen LogP contribution in [0.4, 0.5) is 0 Å². The maximum atomic E-state index is 14.3. The fourth-order valence-corrected chi connectivity index (χ4v) is 8.30. The molecule has 232 valence electrons. The number of nitrogens with zero attached hydrogens (tertiary/aromatic N) is 2. The maximum absolute atomic E-state index is 14.3. The summed E-state index contributed by atoms with van der Waals surface area (Å²) < 4.78 is 5.67. The number of hydrogen-bond donors (Lipinski definition) is 1. The minimum absolute atomic E-state index is 0.0105. The second-order valence-electron chi connectivity index (χ2n) is 12.9. The van der Waals surface area contributed by atoms with Gasteiger partial charge in [-0.2, -0.15) is 0 Å². The van der Waals surface area contributed by atoms with E-state index < -0.39 is 17.8 Å². The number of hydrogen-bond acceptors (Lipinski definition) is 7. The van der Waals surface area contributed by atoms with E-state index in [1.165, 1.54) is 11.6 Å². The first-order valence-electron chi connectivity index (χ1n) is 16.1. The lowest BCUT2D eigenvalue weighted by atomic mass is 9.59. The topological polar surface area (TPSA) is 104 Å². The number of aromatic hydroxyl groups is 1. The molecular weight excluding hydrogens is 568 g/mol. The van der Waals surface area contributed by atoms with Gasteiger partial charge in [0.25, 0.3) is 0 Å². The molecule has 0 bridgehead atoms. The zero-order chi connectivity index (χ0) is 31.4. The van der Waals surface area contributed by atoms with Crippen LogP contribution < -0.4 is 4.74 Å². The molecule has 0 spiro atoms. The van der Waals surface area contributed by atoms with Crippen LogP contribution >= 0.6 is 0 Å². The molecule has 0 aromatic heterocycles. The van der Waals surface area contributed by atoms with Gasteiger partial charge in [-0.1, -0.05) is 48.0 Å². The highest BCUT2D eigenvalue weighted by molar-refractivity contribution is 6.23. The van der Waals surface area contributed by atoms with Gasteiger partial charge in [-0.05, 0) is 74.8 Å². The fraction of sp³-hybridized carbons (Fsp3) is 0.405. The van der Waals surface area contributed by atoms with Crippen LogP contribution in [-0.4, -0.2) is 64.0 Å². The molecule has 2 aliphatic heterocycles. The quantitative estimate of drug-likeness (QED) is 0.284. The second kappa shape index (κ2) is 11.6. The van der Waals surface area contributed by atoms with Crippen LogP contribution in [0.2, 0.25) is 0 Å². The summed E-state index contributed by atoms with van der Waals surface area (Å²) in [6.45, 7) is 6.29. The predicted molar refractivity (Wildman–Crippen MR) is 167 cm³/mol. The molecule has 1 N–H and O–H groups in total. The van der Waals surface area contributed by atoms with E-state index in [-0.39, 0.29) is 47.5 Å². The highest BCUT2D eigenvalue weighted by Gasteiger charge is 2.57. The number of carbonyl (C=O) groups excluding carboxylic acids is 4. The van der Waals surface area contributed by atoms with Gasteiger partial charge in [0.15, 0.2) is 23.1 Å². The van der Waals surface area contributed by atoms with Crippen molar-refractivity contribution >= 4 is 23.4 Å². The van der Waals surface area contributed by atoms with Crippen LogP contribution in [0.25, 0.3) is 0 Å². The van der Waals surface area contributed by atoms with E-state index in [2.05, 4.69) is 17.0 Å². The zero-order valence-electron chi connectivity index (χ0n) is 25.7. The van der Waals surface area contributed by atoms with Crippen LogP contribution in [0.15, 0.2) is 83.0 Å². The molecular formula is C37H38N2O6. The Balaban J connectivity index is 1.19. The number of ether oxygens (including phenoxy) is 1. The van der Waals surface area contributed by atoms with E-state index in [9.17, 15) is 24.3 Å². The first-order chi connectivity index (χ1) is 21.8. The van der Waals surface area contributed by atoms with Gasteiger partial charge < -0.3 is 9.84 Å². The summed E-state index contributed by atoms with van der Waals surface area (Å²) in [4.78, 5) is 59.3. The van der Waals surface area contributed by atoms with Gasteiger partial charge in [0.2, 0.25) is 11.8 Å². The molecule has 2 aromatic rings. The van der Waals surface area contributed by atoms with E-state index in [0.717, 1.165) is 38.0 Å². The molecule has 7 rings (SSSR count). The molecule has 0 unspecified atom stereocenters. The smallest absolute Gasteiger partial charge is 0.233 e. The van der Waals surface area contributed by atoms with Crippen molar-refractivity contribution in [3.63, 3.8) is 0 Å². The molecule has 2 saturated heterocycles. The molecule has 4 atom stereocenters. The molecule has 2 amide bonds. The largest absolute Gasteiger partial charge is 0.504 e. The van der Waals surface area contributed by atoms with Gasteiger partial charge >= 0.3 is 0 Å². The van der Waals surface area contributed by atoms with Gasteiger partial charge in [-0.3, -0.25) is 29.0 Å². The standard InChI is InChI=1S/C37H38N2O6/c1-3-45-31-18-23(9-12-29(31)40)32-25-10-11-26-33(27(25)19-28-34(32)30(41)17-21(2)35(28)42)37(44)39(36(26)43)24-13-15-38(16-14-24)20-22-7-5-4-6-8-22/h4-10,12,17-18,24,26-27,32-33,40H,3,11,13-16,19-20H2,1-2H3/t26-,27+,32-,33-/m0/s1. The highest BCUT2D eigenvalue weighted by Crippen LogP contribution is 2.56. The van der Waals surface area contributed by atoms with Crippen molar-refractivity contribution < 1.29 is 29.0 Å². The number of phenols is 1. The number of rotatable bonds is 6. The number of benzene rings is 2.